The van der Waals surface area contributed by atoms with Crippen LogP contribution in [0, 0.1) is 0 Å². The molecule has 0 aromatic heterocycles. The van der Waals surface area contributed by atoms with E-state index in [9.17, 15) is 24.0 Å². The third-order valence-corrected chi connectivity index (χ3v) is 7.37. The lowest BCUT2D eigenvalue weighted by Gasteiger charge is -2.26. The normalized spacial score (nSPS) is 13.8. The Balaban J connectivity index is 5.45. The molecule has 0 bridgehead atoms. The summed E-state index contributed by atoms with van der Waals surface area (Å²) in [6, 6.07) is -3.83. The number of carbonyl (C=O) groups is 5. The van der Waals surface area contributed by atoms with Gasteiger partial charge in [0.05, 0.1) is 0 Å². The minimum Gasteiger partial charge on any atom is -0.368 e. The third kappa shape index (κ3) is 19.5. The first-order valence-corrected chi connectivity index (χ1v) is 16.4. The van der Waals surface area contributed by atoms with Gasteiger partial charge in [0, 0.05) is 6.42 Å². The van der Waals surface area contributed by atoms with Crippen molar-refractivity contribution in [2.45, 2.75) is 134 Å². The number of hydrogen-bond acceptors (Lipinski definition) is 9. The zero-order valence-corrected chi connectivity index (χ0v) is 26.9. The van der Waals surface area contributed by atoms with Gasteiger partial charge in [0.1, 0.15) is 24.2 Å². The van der Waals surface area contributed by atoms with Gasteiger partial charge in [-0.25, -0.2) is 0 Å². The Morgan fingerprint density at radius 1 is 0.477 bits per heavy atom. The summed E-state index contributed by atoms with van der Waals surface area (Å²) in [7, 11) is 0. The smallest absolute Gasteiger partial charge is 0.243 e. The predicted octanol–water partition coefficient (Wildman–Crippen LogP) is -0.493. The van der Waals surface area contributed by atoms with Crippen LogP contribution in [0.5, 0.6) is 0 Å². The van der Waals surface area contributed by atoms with Crippen molar-refractivity contribution in [3.63, 3.8) is 0 Å². The third-order valence-electron chi connectivity index (χ3n) is 7.37. The fourth-order valence-electron chi connectivity index (χ4n) is 4.71. The molecule has 0 saturated heterocycles. The molecule has 0 rings (SSSR count). The first-order chi connectivity index (χ1) is 21.1. The van der Waals surface area contributed by atoms with E-state index >= 15 is 0 Å². The van der Waals surface area contributed by atoms with Crippen LogP contribution in [0.25, 0.3) is 0 Å². The molecule has 0 unspecified atom stereocenters. The molecule has 14 N–H and O–H groups in total. The van der Waals surface area contributed by atoms with Crippen molar-refractivity contribution in [1.29, 1.82) is 0 Å². The molecule has 0 aromatic rings. The van der Waals surface area contributed by atoms with Crippen molar-refractivity contribution < 1.29 is 24.0 Å². The van der Waals surface area contributed by atoms with Gasteiger partial charge >= 0.3 is 0 Å². The van der Waals surface area contributed by atoms with Gasteiger partial charge < -0.3 is 49.9 Å². The minimum absolute atomic E-state index is 0.210. The largest absolute Gasteiger partial charge is 0.368 e. The molecule has 0 aliphatic heterocycles. The Morgan fingerprint density at radius 2 is 0.818 bits per heavy atom. The number of rotatable bonds is 28. The van der Waals surface area contributed by atoms with Crippen LogP contribution in [0.15, 0.2) is 0 Å². The summed E-state index contributed by atoms with van der Waals surface area (Å²) in [5, 5.41) is 10.8. The monoisotopic (exact) mass is 627 g/mol. The Kier molecular flexibility index (Phi) is 24.9. The molecule has 0 aliphatic carbocycles. The average molecular weight is 628 g/mol. The minimum atomic E-state index is -1.02. The van der Waals surface area contributed by atoms with Crippen LogP contribution < -0.4 is 49.9 Å². The lowest BCUT2D eigenvalue weighted by atomic mass is 10.0. The van der Waals surface area contributed by atoms with Crippen LogP contribution in [-0.2, 0) is 24.0 Å². The first-order valence-electron chi connectivity index (χ1n) is 16.4. The highest BCUT2D eigenvalue weighted by atomic mass is 16.2. The van der Waals surface area contributed by atoms with E-state index in [4.69, 9.17) is 28.7 Å². The number of hydrogen-bond donors (Lipinski definition) is 9. The fraction of sp³-hybridized carbons (Fsp3) is 0.833. The second kappa shape index (κ2) is 26.6. The molecule has 0 spiro atoms. The van der Waals surface area contributed by atoms with Crippen LogP contribution in [0.3, 0.4) is 0 Å². The summed E-state index contributed by atoms with van der Waals surface area (Å²) in [5.74, 6) is -2.62. The molecule has 4 atom stereocenters. The lowest BCUT2D eigenvalue weighted by molar-refractivity contribution is -0.134. The number of unbranched alkanes of at least 4 members (excludes halogenated alkanes) is 6. The van der Waals surface area contributed by atoms with Crippen LogP contribution in [0.1, 0.15) is 110 Å². The topological polar surface area (TPSA) is 264 Å². The molecular weight excluding hydrogens is 566 g/mol. The number of amides is 5. The molecule has 256 valence electrons. The molecule has 0 aromatic carbocycles. The summed E-state index contributed by atoms with van der Waals surface area (Å²) in [6.45, 7) is 3.39. The van der Waals surface area contributed by atoms with Crippen LogP contribution in [-0.4, -0.2) is 79.9 Å². The standard InChI is InChI=1S/C30H61N9O5/c1-2-3-4-5-6-7-8-17-26(40)36-23(14-10-19-32)28(42)38-25(16-12-21-34)30(44)39-24(15-11-20-33)29(43)37-22(27(35)41)13-9-18-31/h22-25H,2-21,31-34H2,1H3,(H2,35,41)(H,36,40)(H,37,43)(H,38,42)(H,39,44)/t22-,23-,24-,25-/m0/s1. The second-order valence-corrected chi connectivity index (χ2v) is 11.3. The molecule has 0 aliphatic rings. The van der Waals surface area contributed by atoms with E-state index in [1.807, 2.05) is 0 Å². The van der Waals surface area contributed by atoms with Crippen molar-refractivity contribution in [2.24, 2.45) is 28.7 Å². The Hall–Kier alpha value is -2.81. The lowest BCUT2D eigenvalue weighted by Crippen LogP contribution is -2.58. The molecule has 44 heavy (non-hydrogen) atoms. The van der Waals surface area contributed by atoms with Gasteiger partial charge in [-0.2, -0.15) is 0 Å². The molecule has 0 saturated carbocycles. The van der Waals surface area contributed by atoms with E-state index in [0.717, 1.165) is 25.7 Å². The van der Waals surface area contributed by atoms with Gasteiger partial charge in [0.15, 0.2) is 0 Å². The maximum absolute atomic E-state index is 13.4. The molecule has 0 heterocycles. The zero-order valence-electron chi connectivity index (χ0n) is 26.9. The Labute approximate surface area is 263 Å². The number of primary amides is 1. The molecule has 14 nitrogen and oxygen atoms in total. The van der Waals surface area contributed by atoms with E-state index in [0.29, 0.717) is 51.6 Å². The van der Waals surface area contributed by atoms with Gasteiger partial charge in [-0.3, -0.25) is 24.0 Å². The van der Waals surface area contributed by atoms with Crippen molar-refractivity contribution in [3.8, 4) is 0 Å². The van der Waals surface area contributed by atoms with Gasteiger partial charge in [-0.15, -0.1) is 0 Å². The molecule has 0 radical (unpaired) electrons. The van der Waals surface area contributed by atoms with Crippen LogP contribution >= 0.6 is 0 Å². The van der Waals surface area contributed by atoms with Crippen molar-refractivity contribution in [1.82, 2.24) is 21.3 Å². The Morgan fingerprint density at radius 3 is 1.20 bits per heavy atom. The second-order valence-electron chi connectivity index (χ2n) is 11.3. The highest BCUT2D eigenvalue weighted by molar-refractivity contribution is 5.95. The number of carbonyl (C=O) groups excluding carboxylic acids is 5. The van der Waals surface area contributed by atoms with Crippen molar-refractivity contribution in [2.75, 3.05) is 26.2 Å². The van der Waals surface area contributed by atoms with Crippen molar-refractivity contribution >= 4 is 29.5 Å². The van der Waals surface area contributed by atoms with E-state index in [2.05, 4.69) is 28.2 Å². The van der Waals surface area contributed by atoms with E-state index in [-0.39, 0.29) is 38.3 Å². The van der Waals surface area contributed by atoms with Gasteiger partial charge in [-0.1, -0.05) is 45.4 Å². The first kappa shape index (κ1) is 41.2. The molecule has 14 heteroatoms. The maximum atomic E-state index is 13.4. The molecular formula is C30H61N9O5. The SMILES string of the molecule is CCCCCCCCCC(=O)N[C@@H](CCCN)C(=O)N[C@@H](CCCN)C(=O)N[C@@H](CCCN)C(=O)N[C@@H](CCCN)C(N)=O. The van der Waals surface area contributed by atoms with Gasteiger partial charge in [-0.05, 0) is 84.0 Å². The predicted molar refractivity (Wildman–Crippen MR) is 173 cm³/mol. The van der Waals surface area contributed by atoms with E-state index < -0.39 is 47.8 Å². The quantitative estimate of drug-likeness (QED) is 0.0506. The summed E-state index contributed by atoms with van der Waals surface area (Å²) >= 11 is 0. The Bertz CT molecular complexity index is 831. The molecule has 5 amide bonds. The maximum Gasteiger partial charge on any atom is 0.243 e. The van der Waals surface area contributed by atoms with Gasteiger partial charge in [0.2, 0.25) is 29.5 Å². The number of nitrogens with one attached hydrogen (secondary N) is 4. The fourth-order valence-corrected chi connectivity index (χ4v) is 4.71. The highest BCUT2D eigenvalue weighted by Gasteiger charge is 2.30. The van der Waals surface area contributed by atoms with E-state index in [1.165, 1.54) is 19.3 Å². The summed E-state index contributed by atoms with van der Waals surface area (Å²) in [5.41, 5.74) is 28.0. The molecule has 0 fully saturated rings. The summed E-state index contributed by atoms with van der Waals surface area (Å²) in [4.78, 5) is 64.3. The van der Waals surface area contributed by atoms with Gasteiger partial charge in [0.25, 0.3) is 0 Å². The van der Waals surface area contributed by atoms with Crippen molar-refractivity contribution in [3.05, 3.63) is 0 Å². The van der Waals surface area contributed by atoms with Crippen LogP contribution in [0.4, 0.5) is 0 Å². The number of nitrogens with two attached hydrogens (primary N) is 5. The average Bonchev–Trinajstić information content (AvgIpc) is 3.00. The van der Waals surface area contributed by atoms with Crippen LogP contribution in [0.2, 0.25) is 0 Å². The van der Waals surface area contributed by atoms with E-state index in [1.54, 1.807) is 0 Å². The summed E-state index contributed by atoms with van der Waals surface area (Å²) < 4.78 is 0. The highest BCUT2D eigenvalue weighted by Crippen LogP contribution is 2.10. The summed E-state index contributed by atoms with van der Waals surface area (Å²) in [6.07, 6.45) is 10.7. The zero-order chi connectivity index (χ0) is 33.2.